The Kier molecular flexibility index (Phi) is 6.84. The number of anilines is 2. The van der Waals surface area contributed by atoms with Crippen LogP contribution in [0.25, 0.3) is 0 Å². The van der Waals surface area contributed by atoms with Gasteiger partial charge in [-0.05, 0) is 6.07 Å². The molecule has 2 aromatic heterocycles. The average molecular weight is 499 g/mol. The first-order valence-electron chi connectivity index (χ1n) is 10.5. The molecule has 1 unspecified atom stereocenters. The molecule has 4 rings (SSSR count). The lowest BCUT2D eigenvalue weighted by Gasteiger charge is -2.31. The summed E-state index contributed by atoms with van der Waals surface area (Å²) >= 11 is 0. The normalized spacial score (nSPS) is 18.1. The van der Waals surface area contributed by atoms with E-state index in [2.05, 4.69) is 9.97 Å². The Labute approximate surface area is 195 Å². The van der Waals surface area contributed by atoms with E-state index in [-0.39, 0.29) is 31.1 Å². The Balaban J connectivity index is 1.58. The standard InChI is InChI=1S/C21H24F2N4O6S/c1-31-12-19(28)26-4-3-14(11-26)33-18-8-16-17(10-24-18)32-6-5-27(16)13-7-15(20(22)23)21(25-9-13)34(2,29)30/h7-10,14,20H,3-6,11-12H2,1-2H3. The predicted octanol–water partition coefficient (Wildman–Crippen LogP) is 1.97. The molecule has 0 spiro atoms. The fourth-order valence-electron chi connectivity index (χ4n) is 3.94. The first-order valence-corrected chi connectivity index (χ1v) is 12.4. The first-order chi connectivity index (χ1) is 16.2. The second-order valence-electron chi connectivity index (χ2n) is 7.95. The van der Waals surface area contributed by atoms with Crippen LogP contribution in [-0.4, -0.2) is 81.5 Å². The Morgan fingerprint density at radius 1 is 1.26 bits per heavy atom. The van der Waals surface area contributed by atoms with Gasteiger partial charge in [0.25, 0.3) is 6.43 Å². The van der Waals surface area contributed by atoms with Crippen molar-refractivity contribution in [3.05, 3.63) is 30.1 Å². The van der Waals surface area contributed by atoms with E-state index in [1.165, 1.54) is 19.5 Å². The number of hydrogen-bond donors (Lipinski definition) is 0. The Bertz CT molecular complexity index is 1180. The van der Waals surface area contributed by atoms with Gasteiger partial charge in [-0.2, -0.15) is 0 Å². The molecule has 10 nitrogen and oxygen atoms in total. The van der Waals surface area contributed by atoms with Crippen molar-refractivity contribution >= 4 is 27.1 Å². The molecule has 0 N–H and O–H groups in total. The highest BCUT2D eigenvalue weighted by Crippen LogP contribution is 2.39. The molecular weight excluding hydrogens is 474 g/mol. The molecule has 13 heteroatoms. The van der Waals surface area contributed by atoms with Crippen LogP contribution in [-0.2, 0) is 19.4 Å². The van der Waals surface area contributed by atoms with Gasteiger partial charge in [0.05, 0.1) is 42.4 Å². The van der Waals surface area contributed by atoms with E-state index in [1.807, 2.05) is 0 Å². The van der Waals surface area contributed by atoms with E-state index < -0.39 is 26.9 Å². The summed E-state index contributed by atoms with van der Waals surface area (Å²) in [5.41, 5.74) is 0.155. The van der Waals surface area contributed by atoms with Gasteiger partial charge < -0.3 is 24.0 Å². The van der Waals surface area contributed by atoms with Crippen LogP contribution in [0.5, 0.6) is 11.6 Å². The highest BCUT2D eigenvalue weighted by atomic mass is 32.2. The number of halogens is 2. The quantitative estimate of drug-likeness (QED) is 0.566. The zero-order chi connectivity index (χ0) is 24.5. The smallest absolute Gasteiger partial charge is 0.266 e. The van der Waals surface area contributed by atoms with Crippen molar-refractivity contribution in [2.75, 3.05) is 51.1 Å². The zero-order valence-electron chi connectivity index (χ0n) is 18.6. The van der Waals surface area contributed by atoms with E-state index in [9.17, 15) is 22.0 Å². The van der Waals surface area contributed by atoms with Crippen LogP contribution >= 0.6 is 0 Å². The number of rotatable bonds is 7. The largest absolute Gasteiger partial charge is 0.488 e. The number of hydrogen-bond acceptors (Lipinski definition) is 9. The van der Waals surface area contributed by atoms with Crippen LogP contribution < -0.4 is 14.4 Å². The van der Waals surface area contributed by atoms with Crippen LogP contribution in [0.1, 0.15) is 18.4 Å². The van der Waals surface area contributed by atoms with Crippen LogP contribution in [0.15, 0.2) is 29.6 Å². The van der Waals surface area contributed by atoms with Crippen molar-refractivity contribution in [3.63, 3.8) is 0 Å². The highest BCUT2D eigenvalue weighted by molar-refractivity contribution is 7.90. The van der Waals surface area contributed by atoms with E-state index in [0.717, 1.165) is 12.3 Å². The van der Waals surface area contributed by atoms with Gasteiger partial charge in [0.15, 0.2) is 20.6 Å². The molecule has 1 atom stereocenters. The Morgan fingerprint density at radius 2 is 2.06 bits per heavy atom. The SMILES string of the molecule is COCC(=O)N1CCC(Oc2cc3c(cn2)OCCN3c2cnc(S(C)(=O)=O)c(C(F)F)c2)C1. The summed E-state index contributed by atoms with van der Waals surface area (Å²) in [4.78, 5) is 23.4. The maximum absolute atomic E-state index is 13.6. The van der Waals surface area contributed by atoms with Gasteiger partial charge in [0.1, 0.15) is 19.3 Å². The molecule has 184 valence electrons. The minimum absolute atomic E-state index is 0.00285. The number of carbonyl (C=O) groups is 1. The minimum Gasteiger partial charge on any atom is -0.488 e. The van der Waals surface area contributed by atoms with Gasteiger partial charge in [0.2, 0.25) is 11.8 Å². The van der Waals surface area contributed by atoms with E-state index >= 15 is 0 Å². The average Bonchev–Trinajstić information content (AvgIpc) is 3.26. The number of nitrogens with zero attached hydrogens (tertiary/aromatic N) is 4. The number of fused-ring (bicyclic) bond motifs is 1. The second kappa shape index (κ2) is 9.66. The van der Waals surface area contributed by atoms with Crippen LogP contribution in [0.2, 0.25) is 0 Å². The molecule has 2 aliphatic rings. The van der Waals surface area contributed by atoms with Crippen molar-refractivity contribution in [1.82, 2.24) is 14.9 Å². The van der Waals surface area contributed by atoms with Crippen molar-refractivity contribution < 1.29 is 36.2 Å². The molecular formula is C21H24F2N4O6S. The molecule has 0 aliphatic carbocycles. The first kappa shape index (κ1) is 24.1. The number of carbonyl (C=O) groups excluding carboxylic acids is 1. The van der Waals surface area contributed by atoms with Crippen molar-refractivity contribution in [2.24, 2.45) is 0 Å². The molecule has 2 aromatic rings. The summed E-state index contributed by atoms with van der Waals surface area (Å²) in [5, 5.41) is -0.646. The van der Waals surface area contributed by atoms with E-state index in [0.29, 0.717) is 43.2 Å². The predicted molar refractivity (Wildman–Crippen MR) is 117 cm³/mol. The lowest BCUT2D eigenvalue weighted by molar-refractivity contribution is -0.134. The number of sulfone groups is 1. The van der Waals surface area contributed by atoms with Gasteiger partial charge in [-0.15, -0.1) is 0 Å². The van der Waals surface area contributed by atoms with Crippen molar-refractivity contribution in [3.8, 4) is 11.6 Å². The Hall–Kier alpha value is -3.06. The fourth-order valence-corrected chi connectivity index (χ4v) is 4.76. The molecule has 0 bridgehead atoms. The maximum atomic E-state index is 13.6. The topological polar surface area (TPSA) is 111 Å². The molecule has 34 heavy (non-hydrogen) atoms. The summed E-state index contributed by atoms with van der Waals surface area (Å²) in [6.45, 7) is 1.54. The molecule has 0 saturated carbocycles. The van der Waals surface area contributed by atoms with E-state index in [4.69, 9.17) is 14.2 Å². The third kappa shape index (κ3) is 5.04. The number of methoxy groups -OCH3 is 1. The monoisotopic (exact) mass is 498 g/mol. The van der Waals surface area contributed by atoms with Crippen LogP contribution in [0, 0.1) is 0 Å². The van der Waals surface area contributed by atoms with Crippen LogP contribution in [0.4, 0.5) is 20.2 Å². The lowest BCUT2D eigenvalue weighted by Crippen LogP contribution is -2.33. The third-order valence-corrected chi connectivity index (χ3v) is 6.54. The maximum Gasteiger partial charge on any atom is 0.266 e. The molecule has 4 heterocycles. The number of likely N-dealkylation sites (tertiary alicyclic amines) is 1. The minimum atomic E-state index is -3.92. The summed E-state index contributed by atoms with van der Waals surface area (Å²) in [7, 11) is -2.46. The van der Waals surface area contributed by atoms with Crippen molar-refractivity contribution in [2.45, 2.75) is 24.0 Å². The molecule has 2 aliphatic heterocycles. The number of aromatic nitrogens is 2. The molecule has 1 fully saturated rings. The van der Waals surface area contributed by atoms with Crippen LogP contribution in [0.3, 0.4) is 0 Å². The Morgan fingerprint density at radius 3 is 2.76 bits per heavy atom. The molecule has 0 aromatic carbocycles. The number of pyridine rings is 2. The van der Waals surface area contributed by atoms with Gasteiger partial charge in [0, 0.05) is 32.4 Å². The highest BCUT2D eigenvalue weighted by Gasteiger charge is 2.30. The number of alkyl halides is 2. The van der Waals surface area contributed by atoms with Gasteiger partial charge in [-0.25, -0.2) is 27.2 Å². The number of amides is 1. The summed E-state index contributed by atoms with van der Waals surface area (Å²) < 4.78 is 67.5. The van der Waals surface area contributed by atoms with Gasteiger partial charge >= 0.3 is 0 Å². The van der Waals surface area contributed by atoms with Crippen molar-refractivity contribution in [1.29, 1.82) is 0 Å². The molecule has 0 radical (unpaired) electrons. The molecule has 1 amide bonds. The summed E-state index contributed by atoms with van der Waals surface area (Å²) in [5.74, 6) is 0.592. The number of ether oxygens (including phenoxy) is 3. The fraction of sp³-hybridized carbons (Fsp3) is 0.476. The third-order valence-electron chi connectivity index (χ3n) is 5.50. The lowest BCUT2D eigenvalue weighted by atomic mass is 10.2. The summed E-state index contributed by atoms with van der Waals surface area (Å²) in [6.07, 6.45) is 0.919. The summed E-state index contributed by atoms with van der Waals surface area (Å²) in [6, 6.07) is 2.75. The zero-order valence-corrected chi connectivity index (χ0v) is 19.4. The van der Waals surface area contributed by atoms with E-state index in [1.54, 1.807) is 15.9 Å². The van der Waals surface area contributed by atoms with Gasteiger partial charge in [-0.1, -0.05) is 0 Å². The van der Waals surface area contributed by atoms with Gasteiger partial charge in [-0.3, -0.25) is 4.79 Å². The second-order valence-corrected chi connectivity index (χ2v) is 9.88. The molecule has 1 saturated heterocycles.